The number of hydrogen-bond acceptors (Lipinski definition) is 3. The molecule has 1 aliphatic heterocycles. The van der Waals surface area contributed by atoms with Gasteiger partial charge in [0.2, 0.25) is 5.91 Å². The van der Waals surface area contributed by atoms with E-state index in [1.54, 1.807) is 0 Å². The molecule has 1 aromatic carbocycles. The molecule has 3 rings (SSSR count). The van der Waals surface area contributed by atoms with Crippen LogP contribution in [0.4, 0.5) is 5.82 Å². The molecule has 0 spiro atoms. The van der Waals surface area contributed by atoms with Gasteiger partial charge in [-0.1, -0.05) is 44.2 Å². The number of fused-ring (bicyclic) bond motifs is 1. The highest BCUT2D eigenvalue weighted by atomic mass is 16.1. The third kappa shape index (κ3) is 3.20. The van der Waals surface area contributed by atoms with E-state index in [1.807, 2.05) is 19.9 Å². The zero-order chi connectivity index (χ0) is 15.5. The van der Waals surface area contributed by atoms with Crippen molar-refractivity contribution in [3.8, 4) is 0 Å². The van der Waals surface area contributed by atoms with E-state index in [-0.39, 0.29) is 11.8 Å². The number of carbonyl (C=O) groups excluding carboxylic acids is 1. The van der Waals surface area contributed by atoms with Gasteiger partial charge in [-0.3, -0.25) is 14.8 Å². The van der Waals surface area contributed by atoms with E-state index in [4.69, 9.17) is 0 Å². The molecule has 5 heteroatoms. The third-order valence-corrected chi connectivity index (χ3v) is 4.03. The fourth-order valence-electron chi connectivity index (χ4n) is 2.71. The molecular formula is C17H22N4O. The topological polar surface area (TPSA) is 61.0 Å². The summed E-state index contributed by atoms with van der Waals surface area (Å²) in [6, 6.07) is 10.5. The zero-order valence-electron chi connectivity index (χ0n) is 13.1. The number of nitrogens with one attached hydrogen (secondary N) is 2. The van der Waals surface area contributed by atoms with Gasteiger partial charge in [0.15, 0.2) is 5.82 Å². The van der Waals surface area contributed by atoms with E-state index in [9.17, 15) is 4.79 Å². The van der Waals surface area contributed by atoms with Crippen LogP contribution in [0.5, 0.6) is 0 Å². The summed E-state index contributed by atoms with van der Waals surface area (Å²) in [5, 5.41) is 10.3. The lowest BCUT2D eigenvalue weighted by molar-refractivity contribution is -0.118. The second-order valence-corrected chi connectivity index (χ2v) is 6.12. The van der Waals surface area contributed by atoms with Gasteiger partial charge in [-0.2, -0.15) is 5.10 Å². The molecule has 2 heterocycles. The number of H-pyrrole nitrogens is 1. The maximum Gasteiger partial charge on any atom is 0.228 e. The van der Waals surface area contributed by atoms with Crippen LogP contribution in [0, 0.1) is 5.92 Å². The molecule has 0 saturated heterocycles. The van der Waals surface area contributed by atoms with E-state index < -0.39 is 0 Å². The molecule has 0 radical (unpaired) electrons. The SMILES string of the molecule is CC(C)C(=O)Nc1n[nH]c2c1CCN(Cc1ccccc1)C2. The zero-order valence-corrected chi connectivity index (χ0v) is 13.1. The summed E-state index contributed by atoms with van der Waals surface area (Å²) in [5.74, 6) is 0.680. The van der Waals surface area contributed by atoms with Gasteiger partial charge in [0.25, 0.3) is 0 Å². The molecule has 5 nitrogen and oxygen atoms in total. The summed E-state index contributed by atoms with van der Waals surface area (Å²) in [7, 11) is 0. The molecule has 0 atom stereocenters. The molecule has 2 N–H and O–H groups in total. The highest BCUT2D eigenvalue weighted by molar-refractivity contribution is 5.91. The van der Waals surface area contributed by atoms with Crippen molar-refractivity contribution >= 4 is 11.7 Å². The number of rotatable bonds is 4. The van der Waals surface area contributed by atoms with E-state index in [1.165, 1.54) is 5.56 Å². The smallest absolute Gasteiger partial charge is 0.228 e. The molecule has 116 valence electrons. The summed E-state index contributed by atoms with van der Waals surface area (Å²) >= 11 is 0. The van der Waals surface area contributed by atoms with Crippen molar-refractivity contribution in [3.05, 3.63) is 47.2 Å². The minimum Gasteiger partial charge on any atom is -0.309 e. The molecule has 0 fully saturated rings. The quantitative estimate of drug-likeness (QED) is 0.912. The number of anilines is 1. The monoisotopic (exact) mass is 298 g/mol. The Morgan fingerprint density at radius 1 is 1.36 bits per heavy atom. The highest BCUT2D eigenvalue weighted by Crippen LogP contribution is 2.25. The summed E-state index contributed by atoms with van der Waals surface area (Å²) in [6.45, 7) is 6.53. The Bertz CT molecular complexity index is 648. The average molecular weight is 298 g/mol. The van der Waals surface area contributed by atoms with Crippen LogP contribution < -0.4 is 5.32 Å². The van der Waals surface area contributed by atoms with Gasteiger partial charge in [0, 0.05) is 31.1 Å². The number of amides is 1. The van der Waals surface area contributed by atoms with Gasteiger partial charge >= 0.3 is 0 Å². The first-order valence-corrected chi connectivity index (χ1v) is 7.76. The molecule has 22 heavy (non-hydrogen) atoms. The van der Waals surface area contributed by atoms with Crippen molar-refractivity contribution in [1.29, 1.82) is 0 Å². The first kappa shape index (κ1) is 14.8. The molecule has 1 aliphatic rings. The Kier molecular flexibility index (Phi) is 4.24. The standard InChI is InChI=1S/C17H22N4O/c1-12(2)17(22)18-16-14-8-9-21(11-15(14)19-20-16)10-13-6-4-3-5-7-13/h3-7,12H,8-11H2,1-2H3,(H2,18,19,20,22). The Balaban J connectivity index is 1.67. The first-order chi connectivity index (χ1) is 10.6. The Labute approximate surface area is 130 Å². The molecule has 0 saturated carbocycles. The minimum atomic E-state index is -0.0366. The molecule has 0 unspecified atom stereocenters. The lowest BCUT2D eigenvalue weighted by atomic mass is 10.1. The van der Waals surface area contributed by atoms with Crippen LogP contribution in [0.3, 0.4) is 0 Å². The van der Waals surface area contributed by atoms with Crippen molar-refractivity contribution < 1.29 is 4.79 Å². The summed E-state index contributed by atoms with van der Waals surface area (Å²) in [5.41, 5.74) is 3.58. The van der Waals surface area contributed by atoms with Crippen LogP contribution in [0.25, 0.3) is 0 Å². The molecule has 1 aromatic heterocycles. The van der Waals surface area contributed by atoms with Crippen molar-refractivity contribution in [1.82, 2.24) is 15.1 Å². The van der Waals surface area contributed by atoms with Crippen LogP contribution in [-0.4, -0.2) is 27.5 Å². The van der Waals surface area contributed by atoms with Crippen molar-refractivity contribution in [3.63, 3.8) is 0 Å². The van der Waals surface area contributed by atoms with Crippen LogP contribution >= 0.6 is 0 Å². The Morgan fingerprint density at radius 2 is 2.14 bits per heavy atom. The largest absolute Gasteiger partial charge is 0.309 e. The second kappa shape index (κ2) is 6.32. The predicted octanol–water partition coefficient (Wildman–Crippen LogP) is 2.56. The highest BCUT2D eigenvalue weighted by Gasteiger charge is 2.23. The predicted molar refractivity (Wildman–Crippen MR) is 86.3 cm³/mol. The van der Waals surface area contributed by atoms with Gasteiger partial charge in [0.05, 0.1) is 5.69 Å². The molecule has 1 amide bonds. The number of benzene rings is 1. The van der Waals surface area contributed by atoms with Crippen LogP contribution in [-0.2, 0) is 24.3 Å². The van der Waals surface area contributed by atoms with Crippen molar-refractivity contribution in [2.75, 3.05) is 11.9 Å². The van der Waals surface area contributed by atoms with E-state index in [0.29, 0.717) is 5.82 Å². The average Bonchev–Trinajstić information content (AvgIpc) is 2.90. The van der Waals surface area contributed by atoms with Crippen molar-refractivity contribution in [2.24, 2.45) is 5.92 Å². The van der Waals surface area contributed by atoms with Gasteiger partial charge in [-0.15, -0.1) is 0 Å². The van der Waals surface area contributed by atoms with E-state index >= 15 is 0 Å². The van der Waals surface area contributed by atoms with Gasteiger partial charge < -0.3 is 5.32 Å². The Morgan fingerprint density at radius 3 is 2.86 bits per heavy atom. The van der Waals surface area contributed by atoms with Crippen LogP contribution in [0.2, 0.25) is 0 Å². The molecule has 0 aliphatic carbocycles. The van der Waals surface area contributed by atoms with Gasteiger partial charge in [-0.25, -0.2) is 0 Å². The maximum atomic E-state index is 11.8. The van der Waals surface area contributed by atoms with Crippen LogP contribution in [0.1, 0.15) is 30.7 Å². The first-order valence-electron chi connectivity index (χ1n) is 7.76. The minimum absolute atomic E-state index is 0.0148. The van der Waals surface area contributed by atoms with Gasteiger partial charge in [0.1, 0.15) is 0 Å². The number of aromatic nitrogens is 2. The lowest BCUT2D eigenvalue weighted by Gasteiger charge is -2.26. The maximum absolute atomic E-state index is 11.8. The fraction of sp³-hybridized carbons (Fsp3) is 0.412. The fourth-order valence-corrected chi connectivity index (χ4v) is 2.71. The number of nitrogens with zero attached hydrogens (tertiary/aromatic N) is 2. The number of carbonyl (C=O) groups is 1. The lowest BCUT2D eigenvalue weighted by Crippen LogP contribution is -2.30. The van der Waals surface area contributed by atoms with Gasteiger partial charge in [-0.05, 0) is 12.0 Å². The van der Waals surface area contributed by atoms with E-state index in [0.717, 1.165) is 37.3 Å². The van der Waals surface area contributed by atoms with E-state index in [2.05, 4.69) is 44.7 Å². The van der Waals surface area contributed by atoms with Crippen molar-refractivity contribution in [2.45, 2.75) is 33.4 Å². The summed E-state index contributed by atoms with van der Waals surface area (Å²) < 4.78 is 0. The molecular weight excluding hydrogens is 276 g/mol. The number of aromatic amines is 1. The molecule has 2 aromatic rings. The number of hydrogen-bond donors (Lipinski definition) is 2. The third-order valence-electron chi connectivity index (χ3n) is 4.03. The summed E-state index contributed by atoms with van der Waals surface area (Å²) in [4.78, 5) is 14.2. The Hall–Kier alpha value is -2.14. The summed E-state index contributed by atoms with van der Waals surface area (Å²) in [6.07, 6.45) is 0.909. The second-order valence-electron chi connectivity index (χ2n) is 6.12. The molecule has 0 bridgehead atoms. The normalized spacial score (nSPS) is 14.9. The van der Waals surface area contributed by atoms with Crippen LogP contribution in [0.15, 0.2) is 30.3 Å².